The van der Waals surface area contributed by atoms with Gasteiger partial charge in [0.1, 0.15) is 30.6 Å². The van der Waals surface area contributed by atoms with Crippen LogP contribution in [0.1, 0.15) is 38.8 Å². The predicted octanol–water partition coefficient (Wildman–Crippen LogP) is 6.84. The number of ether oxygens (including phenoxy) is 2. The molecule has 0 spiro atoms. The van der Waals surface area contributed by atoms with E-state index in [9.17, 15) is 9.90 Å². The number of rotatable bonds is 9. The lowest BCUT2D eigenvalue weighted by Crippen LogP contribution is -2.16. The van der Waals surface area contributed by atoms with Crippen molar-refractivity contribution in [3.05, 3.63) is 106 Å². The Kier molecular flexibility index (Phi) is 8.02. The highest BCUT2D eigenvalue weighted by Crippen LogP contribution is 2.25. The summed E-state index contributed by atoms with van der Waals surface area (Å²) in [5.41, 5.74) is 4.37. The van der Waals surface area contributed by atoms with Gasteiger partial charge in [-0.1, -0.05) is 65.6 Å². The molecule has 0 aliphatic rings. The fourth-order valence-electron chi connectivity index (χ4n) is 3.74. The number of carboxylic acids is 1. The third kappa shape index (κ3) is 6.31. The molecule has 6 heteroatoms. The molecule has 3 aromatic carbocycles. The van der Waals surface area contributed by atoms with Gasteiger partial charge in [-0.2, -0.15) is 0 Å². The molecule has 1 atom stereocenters. The second-order valence-corrected chi connectivity index (χ2v) is 8.63. The number of aromatic carboxylic acids is 1. The minimum Gasteiger partial charge on any atom is -0.490 e. The number of pyridine rings is 1. The van der Waals surface area contributed by atoms with Crippen molar-refractivity contribution in [2.24, 2.45) is 0 Å². The van der Waals surface area contributed by atoms with Gasteiger partial charge in [-0.05, 0) is 60.5 Å². The number of terminal acetylenes is 1. The largest absolute Gasteiger partial charge is 0.490 e. The van der Waals surface area contributed by atoms with E-state index in [1.54, 1.807) is 18.2 Å². The summed E-state index contributed by atoms with van der Waals surface area (Å²) in [6.07, 6.45) is 8.82. The third-order valence-electron chi connectivity index (χ3n) is 5.53. The molecule has 5 nitrogen and oxygen atoms in total. The summed E-state index contributed by atoms with van der Waals surface area (Å²) in [7, 11) is 0. The number of carbonyl (C=O) groups is 1. The average Bonchev–Trinajstić information content (AvgIpc) is 2.88. The molecule has 1 heterocycles. The molecule has 36 heavy (non-hydrogen) atoms. The highest BCUT2D eigenvalue weighted by Gasteiger charge is 2.17. The van der Waals surface area contributed by atoms with E-state index < -0.39 is 12.1 Å². The van der Waals surface area contributed by atoms with E-state index in [0.717, 1.165) is 33.3 Å². The van der Waals surface area contributed by atoms with Crippen LogP contribution in [0.5, 0.6) is 5.75 Å². The van der Waals surface area contributed by atoms with Gasteiger partial charge in [-0.25, -0.2) is 9.78 Å². The zero-order valence-corrected chi connectivity index (χ0v) is 20.4. The van der Waals surface area contributed by atoms with Gasteiger partial charge >= 0.3 is 5.97 Å². The quantitative estimate of drug-likeness (QED) is 0.256. The Balaban J connectivity index is 1.54. The van der Waals surface area contributed by atoms with Crippen LogP contribution in [0.2, 0.25) is 5.02 Å². The minimum absolute atomic E-state index is 0.0946. The molecular formula is C30H24ClNO4. The Morgan fingerprint density at radius 2 is 1.94 bits per heavy atom. The van der Waals surface area contributed by atoms with E-state index in [1.165, 1.54) is 0 Å². The first-order chi connectivity index (χ1) is 17.4. The van der Waals surface area contributed by atoms with Crippen molar-refractivity contribution >= 4 is 40.6 Å². The van der Waals surface area contributed by atoms with Gasteiger partial charge in [0, 0.05) is 10.4 Å². The van der Waals surface area contributed by atoms with Crippen molar-refractivity contribution in [2.45, 2.75) is 13.0 Å². The summed E-state index contributed by atoms with van der Waals surface area (Å²) in [4.78, 5) is 16.3. The van der Waals surface area contributed by atoms with Crippen molar-refractivity contribution < 1.29 is 19.4 Å². The number of hydrogen-bond donors (Lipinski definition) is 1. The molecule has 0 aliphatic heterocycles. The van der Waals surface area contributed by atoms with Gasteiger partial charge in [-0.3, -0.25) is 0 Å². The lowest BCUT2D eigenvalue weighted by atomic mass is 10.1. The van der Waals surface area contributed by atoms with Gasteiger partial charge in [0.2, 0.25) is 0 Å². The molecule has 0 amide bonds. The molecule has 1 N–H and O–H groups in total. The standard InChI is InChI=1S/C30H24ClNO4/c1-3-15-35-29(19-36-28-14-7-20(2)16-26(28)30(33)34)23-6-4-5-21(17-23)8-12-25-13-10-22-9-11-24(31)18-27(22)32-25/h1,4-14,16-18,29H,15,19H2,2H3,(H,33,34)/b12-8+. The normalized spacial score (nSPS) is 11.9. The Morgan fingerprint density at radius 1 is 1.11 bits per heavy atom. The maximum Gasteiger partial charge on any atom is 0.339 e. The molecule has 4 aromatic rings. The lowest BCUT2D eigenvalue weighted by molar-refractivity contribution is 0.0375. The maximum absolute atomic E-state index is 11.6. The average molecular weight is 498 g/mol. The van der Waals surface area contributed by atoms with E-state index in [4.69, 9.17) is 27.5 Å². The fourth-order valence-corrected chi connectivity index (χ4v) is 3.90. The van der Waals surface area contributed by atoms with E-state index >= 15 is 0 Å². The van der Waals surface area contributed by atoms with Crippen molar-refractivity contribution in [1.82, 2.24) is 4.98 Å². The van der Waals surface area contributed by atoms with Crippen molar-refractivity contribution in [3.63, 3.8) is 0 Å². The molecule has 4 rings (SSSR count). The van der Waals surface area contributed by atoms with E-state index in [2.05, 4.69) is 10.9 Å². The topological polar surface area (TPSA) is 68.7 Å². The summed E-state index contributed by atoms with van der Waals surface area (Å²) >= 11 is 6.10. The maximum atomic E-state index is 11.6. The van der Waals surface area contributed by atoms with Crippen LogP contribution in [-0.4, -0.2) is 29.3 Å². The van der Waals surface area contributed by atoms with Crippen LogP contribution in [0, 0.1) is 19.3 Å². The molecule has 1 unspecified atom stereocenters. The van der Waals surface area contributed by atoms with Crippen LogP contribution in [0.25, 0.3) is 23.1 Å². The van der Waals surface area contributed by atoms with Crippen LogP contribution in [0.3, 0.4) is 0 Å². The zero-order valence-electron chi connectivity index (χ0n) is 19.6. The zero-order chi connectivity index (χ0) is 25.5. The summed E-state index contributed by atoms with van der Waals surface area (Å²) in [6, 6.07) is 22.4. The molecule has 180 valence electrons. The first-order valence-electron chi connectivity index (χ1n) is 11.3. The summed E-state index contributed by atoms with van der Waals surface area (Å²) in [6.45, 7) is 2.03. The smallest absolute Gasteiger partial charge is 0.339 e. The van der Waals surface area contributed by atoms with Crippen LogP contribution >= 0.6 is 11.6 Å². The Bertz CT molecular complexity index is 1470. The number of carboxylic acid groups (broad SMARTS) is 1. The highest BCUT2D eigenvalue weighted by molar-refractivity contribution is 6.31. The van der Waals surface area contributed by atoms with Gasteiger partial charge in [0.05, 0.1) is 11.2 Å². The Morgan fingerprint density at radius 3 is 2.75 bits per heavy atom. The fraction of sp³-hybridized carbons (Fsp3) is 0.133. The van der Waals surface area contributed by atoms with Crippen LogP contribution in [-0.2, 0) is 4.74 Å². The number of hydrogen-bond acceptors (Lipinski definition) is 4. The molecule has 0 radical (unpaired) electrons. The monoisotopic (exact) mass is 497 g/mol. The van der Waals surface area contributed by atoms with E-state index in [1.807, 2.05) is 73.7 Å². The number of benzene rings is 3. The lowest BCUT2D eigenvalue weighted by Gasteiger charge is -2.19. The Labute approximate surface area is 215 Å². The SMILES string of the molecule is C#CCOC(COc1ccc(C)cc1C(=O)O)c1cccc(/C=C/c2ccc3ccc(Cl)cc3n2)c1. The van der Waals surface area contributed by atoms with Gasteiger partial charge in [0.25, 0.3) is 0 Å². The van der Waals surface area contributed by atoms with Crippen molar-refractivity contribution in [2.75, 3.05) is 13.2 Å². The predicted molar refractivity (Wildman–Crippen MR) is 143 cm³/mol. The Hall–Kier alpha value is -4.11. The molecule has 1 aromatic heterocycles. The molecule has 0 saturated heterocycles. The molecule has 0 bridgehead atoms. The van der Waals surface area contributed by atoms with Crippen molar-refractivity contribution in [1.29, 1.82) is 0 Å². The van der Waals surface area contributed by atoms with E-state index in [0.29, 0.717) is 5.02 Å². The van der Waals surface area contributed by atoms with Gasteiger partial charge in [0.15, 0.2) is 0 Å². The second-order valence-electron chi connectivity index (χ2n) is 8.20. The van der Waals surface area contributed by atoms with Gasteiger partial charge < -0.3 is 14.6 Å². The third-order valence-corrected chi connectivity index (χ3v) is 5.76. The first-order valence-corrected chi connectivity index (χ1v) is 11.7. The second kappa shape index (κ2) is 11.5. The number of halogens is 1. The summed E-state index contributed by atoms with van der Waals surface area (Å²) in [5, 5.41) is 11.2. The van der Waals surface area contributed by atoms with Crippen molar-refractivity contribution in [3.8, 4) is 18.1 Å². The number of aromatic nitrogens is 1. The highest BCUT2D eigenvalue weighted by atomic mass is 35.5. The molecule has 0 saturated carbocycles. The number of aryl methyl sites for hydroxylation is 1. The summed E-state index contributed by atoms with van der Waals surface area (Å²) < 4.78 is 11.7. The number of nitrogens with zero attached hydrogens (tertiary/aromatic N) is 1. The van der Waals surface area contributed by atoms with Gasteiger partial charge in [-0.15, -0.1) is 6.42 Å². The van der Waals surface area contributed by atoms with Crippen LogP contribution < -0.4 is 4.74 Å². The minimum atomic E-state index is -1.05. The molecule has 0 aliphatic carbocycles. The van der Waals surface area contributed by atoms with Crippen LogP contribution in [0.4, 0.5) is 0 Å². The number of fused-ring (bicyclic) bond motifs is 1. The van der Waals surface area contributed by atoms with E-state index in [-0.39, 0.29) is 24.5 Å². The molecular weight excluding hydrogens is 474 g/mol. The van der Waals surface area contributed by atoms with Crippen LogP contribution in [0.15, 0.2) is 72.8 Å². The molecule has 0 fully saturated rings. The summed E-state index contributed by atoms with van der Waals surface area (Å²) in [5.74, 6) is 1.71. The first kappa shape index (κ1) is 25.0.